The molecule has 0 spiro atoms. The minimum Gasteiger partial charge on any atom is -0.300 e. The van der Waals surface area contributed by atoms with Crippen LogP contribution >= 0.6 is 0 Å². The number of fused-ring (bicyclic) bond motifs is 3. The second-order valence-corrected chi connectivity index (χ2v) is 4.03. The van der Waals surface area contributed by atoms with Crippen LogP contribution in [0.1, 0.15) is 32.6 Å². The number of hydrogen-bond donors (Lipinski definition) is 0. The van der Waals surface area contributed by atoms with Gasteiger partial charge in [0, 0.05) is 12.1 Å². The molecule has 0 aromatic heterocycles. The fourth-order valence-corrected chi connectivity index (χ4v) is 2.57. The van der Waals surface area contributed by atoms with Crippen LogP contribution in [-0.2, 0) is 0 Å². The highest BCUT2D eigenvalue weighted by molar-refractivity contribution is 4.95. The van der Waals surface area contributed by atoms with Gasteiger partial charge in [0.2, 0.25) is 0 Å². The number of rotatable bonds is 0. The van der Waals surface area contributed by atoms with Gasteiger partial charge in [0.1, 0.15) is 0 Å². The van der Waals surface area contributed by atoms with Crippen molar-refractivity contribution >= 4 is 0 Å². The van der Waals surface area contributed by atoms with E-state index < -0.39 is 0 Å². The normalized spacial score (nSPS) is 48.0. The Kier molecular flexibility index (Phi) is 1.48. The number of hydrogen-bond acceptors (Lipinski definition) is 1. The zero-order valence-electron chi connectivity index (χ0n) is 7.01. The van der Waals surface area contributed by atoms with Crippen molar-refractivity contribution < 1.29 is 0 Å². The van der Waals surface area contributed by atoms with Crippen molar-refractivity contribution in [3.8, 4) is 0 Å². The standard InChI is InChI=1S/C9H17N/c1-7-4-3-5-8-6-9(7)10(8)2/h7-9H,3-6H2,1-2H3. The molecule has 10 heavy (non-hydrogen) atoms. The monoisotopic (exact) mass is 139 g/mol. The lowest BCUT2D eigenvalue weighted by Gasteiger charge is -2.47. The Morgan fingerprint density at radius 3 is 2.80 bits per heavy atom. The fourth-order valence-electron chi connectivity index (χ4n) is 2.57. The summed E-state index contributed by atoms with van der Waals surface area (Å²) in [5.74, 6) is 0.962. The molecule has 2 saturated heterocycles. The summed E-state index contributed by atoms with van der Waals surface area (Å²) in [6.07, 6.45) is 5.87. The molecule has 0 aromatic rings. The van der Waals surface area contributed by atoms with E-state index in [1.54, 1.807) is 0 Å². The Balaban J connectivity index is 2.06. The molecule has 3 rings (SSSR count). The average molecular weight is 139 g/mol. The molecule has 1 heteroatoms. The van der Waals surface area contributed by atoms with Crippen molar-refractivity contribution in [3.63, 3.8) is 0 Å². The summed E-state index contributed by atoms with van der Waals surface area (Å²) >= 11 is 0. The van der Waals surface area contributed by atoms with E-state index in [9.17, 15) is 0 Å². The lowest BCUT2D eigenvalue weighted by atomic mass is 9.87. The Labute approximate surface area is 63.4 Å². The smallest absolute Gasteiger partial charge is 0.0136 e. The summed E-state index contributed by atoms with van der Waals surface area (Å²) in [4.78, 5) is 2.58. The van der Waals surface area contributed by atoms with Gasteiger partial charge in [-0.05, 0) is 32.2 Å². The SMILES string of the molecule is CC1CCCC2CC1N2C. The highest BCUT2D eigenvalue weighted by atomic mass is 15.2. The zero-order chi connectivity index (χ0) is 7.14. The first-order valence-corrected chi connectivity index (χ1v) is 4.51. The third kappa shape index (κ3) is 0.800. The van der Waals surface area contributed by atoms with Crippen LogP contribution in [0.4, 0.5) is 0 Å². The molecule has 2 bridgehead atoms. The van der Waals surface area contributed by atoms with Crippen LogP contribution in [0.3, 0.4) is 0 Å². The zero-order valence-corrected chi connectivity index (χ0v) is 7.01. The van der Waals surface area contributed by atoms with E-state index in [4.69, 9.17) is 0 Å². The van der Waals surface area contributed by atoms with Crippen LogP contribution in [0.5, 0.6) is 0 Å². The molecule has 0 N–H and O–H groups in total. The summed E-state index contributed by atoms with van der Waals surface area (Å²) in [6.45, 7) is 2.41. The predicted octanol–water partition coefficient (Wildman–Crippen LogP) is 1.88. The summed E-state index contributed by atoms with van der Waals surface area (Å²) in [6, 6.07) is 1.89. The van der Waals surface area contributed by atoms with Gasteiger partial charge in [0.25, 0.3) is 0 Å². The van der Waals surface area contributed by atoms with Gasteiger partial charge in [-0.3, -0.25) is 0 Å². The molecular formula is C9H17N. The molecular weight excluding hydrogens is 122 g/mol. The van der Waals surface area contributed by atoms with Gasteiger partial charge >= 0.3 is 0 Å². The van der Waals surface area contributed by atoms with E-state index in [0.717, 1.165) is 18.0 Å². The second kappa shape index (κ2) is 2.23. The molecule has 58 valence electrons. The molecule has 2 heterocycles. The summed E-state index contributed by atoms with van der Waals surface area (Å²) in [5.41, 5.74) is 0. The minimum atomic E-state index is 0.937. The van der Waals surface area contributed by atoms with Crippen LogP contribution in [0.15, 0.2) is 0 Å². The maximum absolute atomic E-state index is 2.58. The van der Waals surface area contributed by atoms with E-state index in [1.807, 2.05) is 0 Å². The van der Waals surface area contributed by atoms with Gasteiger partial charge in [-0.25, -0.2) is 0 Å². The summed E-state index contributed by atoms with van der Waals surface area (Å²) in [5, 5.41) is 0. The Bertz CT molecular complexity index is 129. The van der Waals surface area contributed by atoms with Crippen molar-refractivity contribution in [1.29, 1.82) is 0 Å². The lowest BCUT2D eigenvalue weighted by Crippen LogP contribution is -2.54. The molecule has 1 nitrogen and oxygen atoms in total. The molecule has 3 unspecified atom stereocenters. The van der Waals surface area contributed by atoms with Crippen molar-refractivity contribution in [2.24, 2.45) is 5.92 Å². The molecule has 1 saturated carbocycles. The first kappa shape index (κ1) is 6.66. The quantitative estimate of drug-likeness (QED) is 0.495. The van der Waals surface area contributed by atoms with Gasteiger partial charge in [-0.1, -0.05) is 13.3 Å². The predicted molar refractivity (Wildman–Crippen MR) is 43.0 cm³/mol. The van der Waals surface area contributed by atoms with Gasteiger partial charge in [-0.2, -0.15) is 0 Å². The molecule has 0 radical (unpaired) electrons. The van der Waals surface area contributed by atoms with Crippen LogP contribution in [0.2, 0.25) is 0 Å². The van der Waals surface area contributed by atoms with E-state index >= 15 is 0 Å². The van der Waals surface area contributed by atoms with Crippen LogP contribution < -0.4 is 0 Å². The summed E-state index contributed by atoms with van der Waals surface area (Å²) < 4.78 is 0. The Hall–Kier alpha value is -0.0400. The van der Waals surface area contributed by atoms with Crippen molar-refractivity contribution in [1.82, 2.24) is 4.90 Å². The average Bonchev–Trinajstić information content (AvgIpc) is 2.16. The molecule has 3 aliphatic rings. The van der Waals surface area contributed by atoms with Crippen molar-refractivity contribution in [3.05, 3.63) is 0 Å². The first-order valence-electron chi connectivity index (χ1n) is 4.51. The van der Waals surface area contributed by atoms with E-state index in [1.165, 1.54) is 25.7 Å². The largest absolute Gasteiger partial charge is 0.300 e. The molecule has 0 amide bonds. The minimum absolute atomic E-state index is 0.937. The maximum Gasteiger partial charge on any atom is 0.0136 e. The number of nitrogens with zero attached hydrogens (tertiary/aromatic N) is 1. The van der Waals surface area contributed by atoms with Gasteiger partial charge in [-0.15, -0.1) is 0 Å². The maximum atomic E-state index is 2.58. The lowest BCUT2D eigenvalue weighted by molar-refractivity contribution is 0.0237. The van der Waals surface area contributed by atoms with E-state index in [-0.39, 0.29) is 0 Å². The van der Waals surface area contributed by atoms with Crippen LogP contribution in [-0.4, -0.2) is 24.0 Å². The van der Waals surface area contributed by atoms with Crippen LogP contribution in [0.25, 0.3) is 0 Å². The fraction of sp³-hybridized carbons (Fsp3) is 1.00. The van der Waals surface area contributed by atoms with E-state index in [0.29, 0.717) is 0 Å². The van der Waals surface area contributed by atoms with Gasteiger partial charge < -0.3 is 4.90 Å². The van der Waals surface area contributed by atoms with Crippen LogP contribution in [0, 0.1) is 5.92 Å². The third-order valence-corrected chi connectivity index (χ3v) is 3.47. The Morgan fingerprint density at radius 2 is 2.10 bits per heavy atom. The second-order valence-electron chi connectivity index (χ2n) is 4.03. The third-order valence-electron chi connectivity index (χ3n) is 3.47. The van der Waals surface area contributed by atoms with Gasteiger partial charge in [0.15, 0.2) is 0 Å². The first-order chi connectivity index (χ1) is 4.79. The molecule has 2 aliphatic heterocycles. The summed E-state index contributed by atoms with van der Waals surface area (Å²) in [7, 11) is 2.29. The highest BCUT2D eigenvalue weighted by Crippen LogP contribution is 2.38. The molecule has 1 aliphatic carbocycles. The molecule has 3 fully saturated rings. The van der Waals surface area contributed by atoms with Crippen molar-refractivity contribution in [2.45, 2.75) is 44.7 Å². The van der Waals surface area contributed by atoms with Crippen molar-refractivity contribution in [2.75, 3.05) is 7.05 Å². The highest BCUT2D eigenvalue weighted by Gasteiger charge is 2.40. The Morgan fingerprint density at radius 1 is 1.30 bits per heavy atom. The molecule has 3 atom stereocenters. The topological polar surface area (TPSA) is 3.24 Å². The molecule has 0 aromatic carbocycles. The van der Waals surface area contributed by atoms with E-state index in [2.05, 4.69) is 18.9 Å². The van der Waals surface area contributed by atoms with Gasteiger partial charge in [0.05, 0.1) is 0 Å².